The van der Waals surface area contributed by atoms with Gasteiger partial charge in [-0.3, -0.25) is 9.30 Å². The lowest BCUT2D eigenvalue weighted by molar-refractivity contribution is -0.274. The molecule has 0 amide bonds. The maximum absolute atomic E-state index is 15.1. The van der Waals surface area contributed by atoms with Crippen LogP contribution in [0.2, 0.25) is 0 Å². The van der Waals surface area contributed by atoms with Crippen LogP contribution >= 0.6 is 0 Å². The Kier molecular flexibility index (Phi) is 7.76. The number of halogens is 5. The van der Waals surface area contributed by atoms with E-state index in [4.69, 9.17) is 9.47 Å². The minimum Gasteiger partial charge on any atom is -0.497 e. The first-order valence-corrected chi connectivity index (χ1v) is 12.5. The van der Waals surface area contributed by atoms with Gasteiger partial charge in [-0.15, -0.1) is 23.4 Å². The number of anilines is 1. The first kappa shape index (κ1) is 27.6. The number of hydrogen-bond acceptors (Lipinski definition) is 7. The van der Waals surface area contributed by atoms with E-state index in [1.54, 1.807) is 13.2 Å². The van der Waals surface area contributed by atoms with Gasteiger partial charge in [-0.2, -0.15) is 8.78 Å². The van der Waals surface area contributed by atoms with Gasteiger partial charge in [0.15, 0.2) is 5.65 Å². The lowest BCUT2D eigenvalue weighted by Crippen LogP contribution is -2.47. The Balaban J connectivity index is 1.19. The molecule has 3 heterocycles. The van der Waals surface area contributed by atoms with Crippen molar-refractivity contribution in [1.82, 2.24) is 19.5 Å². The van der Waals surface area contributed by atoms with Crippen LogP contribution in [0, 0.1) is 0 Å². The van der Waals surface area contributed by atoms with E-state index in [1.165, 1.54) is 24.4 Å². The summed E-state index contributed by atoms with van der Waals surface area (Å²) in [6.07, 6.45) is -7.14. The fraction of sp³-hybridized carbons (Fsp3) is 0.333. The Morgan fingerprint density at radius 1 is 0.775 bits per heavy atom. The van der Waals surface area contributed by atoms with Crippen molar-refractivity contribution in [3.63, 3.8) is 0 Å². The molecular formula is C27H26F5N5O3. The van der Waals surface area contributed by atoms with Crippen LogP contribution in [0.25, 0.3) is 16.8 Å². The highest BCUT2D eigenvalue weighted by Crippen LogP contribution is 2.31. The highest BCUT2D eigenvalue weighted by molar-refractivity contribution is 5.65. The molecule has 8 nitrogen and oxygen atoms in total. The topological polar surface area (TPSA) is 64.4 Å². The smallest absolute Gasteiger partial charge is 0.497 e. The molecule has 13 heteroatoms. The maximum atomic E-state index is 15.1. The number of piperazine rings is 1. The molecule has 212 valence electrons. The second-order valence-electron chi connectivity index (χ2n) is 9.13. The largest absolute Gasteiger partial charge is 0.573 e. The Morgan fingerprint density at radius 2 is 1.43 bits per heavy atom. The molecule has 5 rings (SSSR count). The van der Waals surface area contributed by atoms with Gasteiger partial charge in [0.05, 0.1) is 13.7 Å². The van der Waals surface area contributed by atoms with Gasteiger partial charge in [-0.25, -0.2) is 0 Å². The fourth-order valence-corrected chi connectivity index (χ4v) is 4.50. The molecule has 0 spiro atoms. The number of aromatic nitrogens is 3. The summed E-state index contributed by atoms with van der Waals surface area (Å²) in [4.78, 5) is 4.28. The summed E-state index contributed by atoms with van der Waals surface area (Å²) in [5, 5.41) is 7.45. The Hall–Kier alpha value is -3.97. The molecule has 0 unspecified atom stereocenters. The molecule has 0 saturated carbocycles. The molecule has 4 aromatic rings. The summed E-state index contributed by atoms with van der Waals surface area (Å²) in [6.45, 7) is 3.01. The number of benzene rings is 2. The van der Waals surface area contributed by atoms with E-state index in [0.717, 1.165) is 41.1 Å². The maximum Gasteiger partial charge on any atom is 0.573 e. The van der Waals surface area contributed by atoms with Gasteiger partial charge in [0.1, 0.15) is 11.5 Å². The van der Waals surface area contributed by atoms with Crippen LogP contribution in [-0.2, 0) is 10.8 Å². The zero-order valence-electron chi connectivity index (χ0n) is 21.4. The summed E-state index contributed by atoms with van der Waals surface area (Å²) in [5.74, 6) is -0.291. The monoisotopic (exact) mass is 563 g/mol. The molecule has 0 aliphatic carbocycles. The number of rotatable bonds is 9. The Labute approximate surface area is 226 Å². The lowest BCUT2D eigenvalue weighted by atomic mass is 10.1. The van der Waals surface area contributed by atoms with Crippen LogP contribution in [0.15, 0.2) is 66.9 Å². The van der Waals surface area contributed by atoms with Crippen molar-refractivity contribution in [2.75, 3.05) is 51.3 Å². The number of alkyl halides is 5. The summed E-state index contributed by atoms with van der Waals surface area (Å²) in [5.41, 5.74) is 2.22. The minimum absolute atomic E-state index is 0.175. The fourth-order valence-electron chi connectivity index (χ4n) is 4.50. The predicted octanol–water partition coefficient (Wildman–Crippen LogP) is 5.19. The molecular weight excluding hydrogens is 537 g/mol. The van der Waals surface area contributed by atoms with Gasteiger partial charge in [0, 0.05) is 44.6 Å². The van der Waals surface area contributed by atoms with E-state index in [1.807, 2.05) is 24.3 Å². The summed E-state index contributed by atoms with van der Waals surface area (Å²) >= 11 is 0. The molecule has 2 aromatic carbocycles. The van der Waals surface area contributed by atoms with Gasteiger partial charge < -0.3 is 19.1 Å². The number of methoxy groups -OCH3 is 1. The summed E-state index contributed by atoms with van der Waals surface area (Å²) in [7, 11) is 1.62. The van der Waals surface area contributed by atoms with Crippen LogP contribution in [-0.4, -0.2) is 72.3 Å². The second-order valence-corrected chi connectivity index (χ2v) is 9.13. The van der Waals surface area contributed by atoms with Crippen molar-refractivity contribution < 1.29 is 36.2 Å². The van der Waals surface area contributed by atoms with Crippen molar-refractivity contribution in [1.29, 1.82) is 0 Å². The lowest BCUT2D eigenvalue weighted by Gasteiger charge is -2.36. The number of fused-ring (bicyclic) bond motifs is 1. The van der Waals surface area contributed by atoms with Crippen molar-refractivity contribution in [3.05, 3.63) is 72.7 Å². The average Bonchev–Trinajstić information content (AvgIpc) is 3.37. The first-order valence-electron chi connectivity index (χ1n) is 12.5. The standard InChI is InChI=1S/C27H26F5N5O3/c1-38-22-9-5-21(6-10-22)36-14-12-35(13-15-36)16-17-39-26(28,29)25-34-33-24-11-4-20(18-37(24)25)19-2-7-23(8-3-19)40-27(30,31)32/h2-11,18H,12-17H2,1H3. The first-order chi connectivity index (χ1) is 19.1. The van der Waals surface area contributed by atoms with Crippen LogP contribution in [0.1, 0.15) is 5.82 Å². The molecule has 1 aliphatic heterocycles. The highest BCUT2D eigenvalue weighted by atomic mass is 19.4. The van der Waals surface area contributed by atoms with E-state index < -0.39 is 18.3 Å². The van der Waals surface area contributed by atoms with Crippen molar-refractivity contribution >= 4 is 11.3 Å². The molecule has 0 N–H and O–H groups in total. The minimum atomic E-state index is -4.81. The van der Waals surface area contributed by atoms with Gasteiger partial charge >= 0.3 is 12.5 Å². The third kappa shape index (κ3) is 6.42. The third-order valence-electron chi connectivity index (χ3n) is 6.58. The summed E-state index contributed by atoms with van der Waals surface area (Å²) < 4.78 is 82.6. The van der Waals surface area contributed by atoms with Crippen LogP contribution < -0.4 is 14.4 Å². The van der Waals surface area contributed by atoms with Crippen molar-refractivity contribution in [2.24, 2.45) is 0 Å². The molecule has 1 fully saturated rings. The molecule has 2 aromatic heterocycles. The van der Waals surface area contributed by atoms with E-state index in [-0.39, 0.29) is 18.0 Å². The van der Waals surface area contributed by atoms with Crippen LogP contribution in [0.3, 0.4) is 0 Å². The molecule has 1 aliphatic rings. The van der Waals surface area contributed by atoms with Crippen molar-refractivity contribution in [3.8, 4) is 22.6 Å². The quantitative estimate of drug-likeness (QED) is 0.260. The van der Waals surface area contributed by atoms with Gasteiger partial charge in [0.25, 0.3) is 0 Å². The summed E-state index contributed by atoms with van der Waals surface area (Å²) in [6, 6.07) is 16.0. The predicted molar refractivity (Wildman–Crippen MR) is 137 cm³/mol. The second kappa shape index (κ2) is 11.3. The molecule has 0 bridgehead atoms. The van der Waals surface area contributed by atoms with E-state index in [0.29, 0.717) is 30.8 Å². The molecule has 0 radical (unpaired) electrons. The molecule has 40 heavy (non-hydrogen) atoms. The van der Waals surface area contributed by atoms with Gasteiger partial charge in [-0.1, -0.05) is 12.1 Å². The number of hydrogen-bond donors (Lipinski definition) is 0. The van der Waals surface area contributed by atoms with E-state index in [2.05, 4.69) is 24.7 Å². The highest BCUT2D eigenvalue weighted by Gasteiger charge is 2.39. The third-order valence-corrected chi connectivity index (χ3v) is 6.58. The van der Waals surface area contributed by atoms with Crippen LogP contribution in [0.4, 0.5) is 27.6 Å². The van der Waals surface area contributed by atoms with Crippen LogP contribution in [0.5, 0.6) is 11.5 Å². The van der Waals surface area contributed by atoms with Gasteiger partial charge in [0.2, 0.25) is 5.82 Å². The number of pyridine rings is 1. The molecule has 0 atom stereocenters. The Bertz CT molecular complexity index is 1420. The number of ether oxygens (including phenoxy) is 3. The average molecular weight is 564 g/mol. The zero-order chi connectivity index (χ0) is 28.3. The van der Waals surface area contributed by atoms with Gasteiger partial charge in [-0.05, 0) is 59.7 Å². The number of nitrogens with zero attached hydrogens (tertiary/aromatic N) is 5. The SMILES string of the molecule is COc1ccc(N2CCN(CCOC(F)(F)c3nnc4ccc(-c5ccc(OC(F)(F)F)cc5)cn34)CC2)cc1. The zero-order valence-corrected chi connectivity index (χ0v) is 21.4. The van der Waals surface area contributed by atoms with Crippen molar-refractivity contribution in [2.45, 2.75) is 12.5 Å². The van der Waals surface area contributed by atoms with E-state index in [9.17, 15) is 13.2 Å². The van der Waals surface area contributed by atoms with E-state index >= 15 is 8.78 Å². The Morgan fingerprint density at radius 3 is 2.08 bits per heavy atom. The molecule has 1 saturated heterocycles. The normalized spacial score (nSPS) is 15.0.